The summed E-state index contributed by atoms with van der Waals surface area (Å²) in [5.41, 5.74) is 0.808. The van der Waals surface area contributed by atoms with Crippen LogP contribution in [0, 0.1) is 0 Å². The van der Waals surface area contributed by atoms with Crippen LogP contribution in [-0.2, 0) is 7.05 Å². The Bertz CT molecular complexity index is 554. The summed E-state index contributed by atoms with van der Waals surface area (Å²) in [6.07, 6.45) is 4.43. The minimum Gasteiger partial charge on any atom is -0.463 e. The topological polar surface area (TPSA) is 89.8 Å². The number of aryl methyl sites for hydroxylation is 1. The van der Waals surface area contributed by atoms with Gasteiger partial charge >= 0.3 is 6.01 Å². The first-order valence-corrected chi connectivity index (χ1v) is 6.59. The number of aromatic nitrogens is 5. The second-order valence-electron chi connectivity index (χ2n) is 4.17. The van der Waals surface area contributed by atoms with Crippen LogP contribution in [0.1, 0.15) is 20.3 Å². The fourth-order valence-electron chi connectivity index (χ4n) is 1.52. The molecule has 0 aliphatic carbocycles. The van der Waals surface area contributed by atoms with Crippen LogP contribution in [0.15, 0.2) is 12.4 Å². The molecule has 0 fully saturated rings. The van der Waals surface area contributed by atoms with Crippen LogP contribution in [-0.4, -0.2) is 37.9 Å². The molecule has 0 aliphatic rings. The average molecular weight is 277 g/mol. The third-order valence-corrected chi connectivity index (χ3v) is 2.35. The van der Waals surface area contributed by atoms with Crippen molar-refractivity contribution in [2.45, 2.75) is 20.3 Å². The first kappa shape index (κ1) is 14.0. The van der Waals surface area contributed by atoms with Gasteiger partial charge in [0.05, 0.1) is 18.5 Å². The lowest BCUT2D eigenvalue weighted by atomic mass is 10.5. The van der Waals surface area contributed by atoms with Crippen LogP contribution in [0.5, 0.6) is 6.01 Å². The van der Waals surface area contributed by atoms with E-state index in [0.717, 1.165) is 18.7 Å². The maximum atomic E-state index is 5.46. The lowest BCUT2D eigenvalue weighted by Gasteiger charge is -2.08. The maximum absolute atomic E-state index is 5.46. The molecule has 2 N–H and O–H groups in total. The van der Waals surface area contributed by atoms with E-state index >= 15 is 0 Å². The molecule has 0 spiro atoms. The summed E-state index contributed by atoms with van der Waals surface area (Å²) in [6.45, 7) is 5.30. The van der Waals surface area contributed by atoms with Crippen LogP contribution in [0.4, 0.5) is 17.6 Å². The van der Waals surface area contributed by atoms with Crippen molar-refractivity contribution < 1.29 is 4.74 Å². The summed E-state index contributed by atoms with van der Waals surface area (Å²) in [5.74, 6) is 0.912. The van der Waals surface area contributed by atoms with Crippen LogP contribution in [0.3, 0.4) is 0 Å². The number of rotatable bonds is 7. The summed E-state index contributed by atoms with van der Waals surface area (Å²) in [4.78, 5) is 12.7. The number of nitrogens with one attached hydrogen (secondary N) is 2. The Hall–Kier alpha value is -2.38. The smallest absolute Gasteiger partial charge is 0.323 e. The molecule has 0 amide bonds. The number of hydrogen-bond acceptors (Lipinski definition) is 7. The lowest BCUT2D eigenvalue weighted by Crippen LogP contribution is -2.09. The largest absolute Gasteiger partial charge is 0.463 e. The van der Waals surface area contributed by atoms with E-state index in [1.807, 2.05) is 27.1 Å². The molecule has 0 saturated carbocycles. The molecule has 0 radical (unpaired) electrons. The second kappa shape index (κ2) is 6.69. The van der Waals surface area contributed by atoms with Crippen molar-refractivity contribution in [3.63, 3.8) is 0 Å². The molecule has 0 atom stereocenters. The lowest BCUT2D eigenvalue weighted by molar-refractivity contribution is 0.292. The zero-order valence-corrected chi connectivity index (χ0v) is 11.9. The molecule has 0 bridgehead atoms. The second-order valence-corrected chi connectivity index (χ2v) is 4.17. The maximum Gasteiger partial charge on any atom is 0.323 e. The summed E-state index contributed by atoms with van der Waals surface area (Å²) in [5, 5.41) is 10.2. The summed E-state index contributed by atoms with van der Waals surface area (Å²) in [7, 11) is 1.85. The predicted octanol–water partition coefficient (Wildman–Crippen LogP) is 1.57. The van der Waals surface area contributed by atoms with E-state index in [1.165, 1.54) is 0 Å². The number of ether oxygens (including phenoxy) is 1. The molecule has 8 nitrogen and oxygen atoms in total. The Kier molecular flexibility index (Phi) is 4.70. The third kappa shape index (κ3) is 3.81. The van der Waals surface area contributed by atoms with Gasteiger partial charge in [-0.15, -0.1) is 0 Å². The van der Waals surface area contributed by atoms with E-state index < -0.39 is 0 Å². The van der Waals surface area contributed by atoms with Crippen molar-refractivity contribution in [3.8, 4) is 6.01 Å². The Balaban J connectivity index is 2.18. The van der Waals surface area contributed by atoms with Crippen LogP contribution >= 0.6 is 0 Å². The quantitative estimate of drug-likeness (QED) is 0.793. The summed E-state index contributed by atoms with van der Waals surface area (Å²) >= 11 is 0. The average Bonchev–Trinajstić information content (AvgIpc) is 2.82. The van der Waals surface area contributed by atoms with Crippen LogP contribution in [0.2, 0.25) is 0 Å². The molecule has 0 saturated heterocycles. The number of anilines is 3. The molecule has 0 aliphatic heterocycles. The minimum absolute atomic E-state index is 0.309. The van der Waals surface area contributed by atoms with Gasteiger partial charge < -0.3 is 15.4 Å². The van der Waals surface area contributed by atoms with Crippen molar-refractivity contribution in [1.82, 2.24) is 24.7 Å². The fourth-order valence-corrected chi connectivity index (χ4v) is 1.52. The third-order valence-electron chi connectivity index (χ3n) is 2.35. The summed E-state index contributed by atoms with van der Waals surface area (Å²) < 4.78 is 7.16. The van der Waals surface area contributed by atoms with Gasteiger partial charge in [-0.3, -0.25) is 4.68 Å². The number of hydrogen-bond donors (Lipinski definition) is 2. The molecule has 0 unspecified atom stereocenters. The SMILES string of the molecule is CCCOc1nc(NCC)nc(Nc2cnn(C)c2)n1. The molecule has 2 heterocycles. The molecule has 20 heavy (non-hydrogen) atoms. The van der Waals surface area contributed by atoms with Crippen molar-refractivity contribution >= 4 is 17.6 Å². The highest BCUT2D eigenvalue weighted by Gasteiger charge is 2.08. The molecule has 108 valence electrons. The molecule has 0 aromatic carbocycles. The van der Waals surface area contributed by atoms with E-state index in [9.17, 15) is 0 Å². The summed E-state index contributed by atoms with van der Waals surface area (Å²) in [6, 6.07) is 0.309. The van der Waals surface area contributed by atoms with Gasteiger partial charge in [0, 0.05) is 19.8 Å². The normalized spacial score (nSPS) is 10.3. The van der Waals surface area contributed by atoms with Crippen molar-refractivity contribution in [1.29, 1.82) is 0 Å². The van der Waals surface area contributed by atoms with E-state index in [4.69, 9.17) is 4.74 Å². The zero-order valence-electron chi connectivity index (χ0n) is 11.9. The van der Waals surface area contributed by atoms with Gasteiger partial charge in [-0.1, -0.05) is 6.92 Å². The monoisotopic (exact) mass is 277 g/mol. The van der Waals surface area contributed by atoms with Crippen LogP contribution < -0.4 is 15.4 Å². The first-order valence-electron chi connectivity index (χ1n) is 6.59. The van der Waals surface area contributed by atoms with Gasteiger partial charge in [0.1, 0.15) is 0 Å². The minimum atomic E-state index is 0.309. The highest BCUT2D eigenvalue weighted by atomic mass is 16.5. The molecular formula is C12H19N7O. The van der Waals surface area contributed by atoms with E-state index in [-0.39, 0.29) is 0 Å². The van der Waals surface area contributed by atoms with Gasteiger partial charge in [-0.05, 0) is 13.3 Å². The van der Waals surface area contributed by atoms with Gasteiger partial charge in [0.25, 0.3) is 0 Å². The molecule has 2 rings (SSSR count). The van der Waals surface area contributed by atoms with Gasteiger partial charge in [-0.2, -0.15) is 20.1 Å². The zero-order chi connectivity index (χ0) is 14.4. The van der Waals surface area contributed by atoms with E-state index in [0.29, 0.717) is 24.5 Å². The van der Waals surface area contributed by atoms with Gasteiger partial charge in [-0.25, -0.2) is 0 Å². The van der Waals surface area contributed by atoms with E-state index in [1.54, 1.807) is 10.9 Å². The molecule has 8 heteroatoms. The standard InChI is InChI=1S/C12H19N7O/c1-4-6-20-12-17-10(13-5-2)16-11(18-12)15-9-7-14-19(3)8-9/h7-8H,4-6H2,1-3H3,(H2,13,15,16,17,18). The molecule has 2 aromatic rings. The van der Waals surface area contributed by atoms with Gasteiger partial charge in [0.15, 0.2) is 0 Å². The highest BCUT2D eigenvalue weighted by Crippen LogP contribution is 2.16. The van der Waals surface area contributed by atoms with Gasteiger partial charge in [0.2, 0.25) is 11.9 Å². The number of nitrogens with zero attached hydrogens (tertiary/aromatic N) is 5. The van der Waals surface area contributed by atoms with Crippen molar-refractivity contribution in [2.24, 2.45) is 7.05 Å². The Morgan fingerprint density at radius 3 is 2.65 bits per heavy atom. The molecule has 2 aromatic heterocycles. The van der Waals surface area contributed by atoms with E-state index in [2.05, 4.69) is 30.7 Å². The molecular weight excluding hydrogens is 258 g/mol. The first-order chi connectivity index (χ1) is 9.71. The van der Waals surface area contributed by atoms with Crippen LogP contribution in [0.25, 0.3) is 0 Å². The predicted molar refractivity (Wildman–Crippen MR) is 76.3 cm³/mol. The van der Waals surface area contributed by atoms with Crippen molar-refractivity contribution in [2.75, 3.05) is 23.8 Å². The fraction of sp³-hybridized carbons (Fsp3) is 0.500. The Morgan fingerprint density at radius 2 is 2.00 bits per heavy atom. The van der Waals surface area contributed by atoms with Crippen molar-refractivity contribution in [3.05, 3.63) is 12.4 Å². The highest BCUT2D eigenvalue weighted by molar-refractivity contribution is 5.51. The Morgan fingerprint density at radius 1 is 1.20 bits per heavy atom. The Labute approximate surface area is 117 Å².